The summed E-state index contributed by atoms with van der Waals surface area (Å²) >= 11 is 0. The average molecular weight is 287 g/mol. The van der Waals surface area contributed by atoms with Crippen LogP contribution in [0.1, 0.15) is 45.1 Å². The molecule has 0 aromatic carbocycles. The van der Waals surface area contributed by atoms with Crippen LogP contribution in [-0.2, 0) is 6.54 Å². The van der Waals surface area contributed by atoms with Crippen LogP contribution < -0.4 is 0 Å². The summed E-state index contributed by atoms with van der Waals surface area (Å²) in [5.74, 6) is 0. The number of nitrogens with zero attached hydrogens (tertiary/aromatic N) is 3. The SMILES string of the molecule is CCC(C)N1CCC2(CCN(Cc3cccnc3)C2)CC1. The van der Waals surface area contributed by atoms with E-state index >= 15 is 0 Å². The summed E-state index contributed by atoms with van der Waals surface area (Å²) in [6, 6.07) is 5.00. The molecule has 0 radical (unpaired) electrons. The van der Waals surface area contributed by atoms with Gasteiger partial charge in [0.2, 0.25) is 0 Å². The van der Waals surface area contributed by atoms with Crippen LogP contribution in [0.5, 0.6) is 0 Å². The van der Waals surface area contributed by atoms with Crippen molar-refractivity contribution in [1.29, 1.82) is 0 Å². The first kappa shape index (κ1) is 15.0. The van der Waals surface area contributed by atoms with E-state index in [9.17, 15) is 0 Å². The quantitative estimate of drug-likeness (QED) is 0.848. The van der Waals surface area contributed by atoms with Crippen molar-refractivity contribution in [3.05, 3.63) is 30.1 Å². The van der Waals surface area contributed by atoms with E-state index in [2.05, 4.69) is 34.7 Å². The lowest BCUT2D eigenvalue weighted by atomic mass is 9.77. The number of pyridine rings is 1. The van der Waals surface area contributed by atoms with E-state index in [0.717, 1.165) is 12.6 Å². The van der Waals surface area contributed by atoms with Gasteiger partial charge in [-0.1, -0.05) is 13.0 Å². The monoisotopic (exact) mass is 287 g/mol. The van der Waals surface area contributed by atoms with Crippen LogP contribution in [-0.4, -0.2) is 47.0 Å². The Morgan fingerprint density at radius 3 is 2.67 bits per heavy atom. The van der Waals surface area contributed by atoms with Gasteiger partial charge in [-0.15, -0.1) is 0 Å². The fourth-order valence-electron chi connectivity index (χ4n) is 4.02. The summed E-state index contributed by atoms with van der Waals surface area (Å²) in [5.41, 5.74) is 1.96. The molecule has 2 aliphatic heterocycles. The predicted octanol–water partition coefficient (Wildman–Crippen LogP) is 3.17. The van der Waals surface area contributed by atoms with E-state index in [1.165, 1.54) is 57.4 Å². The molecule has 2 aliphatic rings. The summed E-state index contributed by atoms with van der Waals surface area (Å²) in [7, 11) is 0. The number of hydrogen-bond donors (Lipinski definition) is 0. The second kappa shape index (κ2) is 6.45. The summed E-state index contributed by atoms with van der Waals surface area (Å²) in [6.07, 6.45) is 9.32. The van der Waals surface area contributed by atoms with Crippen molar-refractivity contribution in [3.63, 3.8) is 0 Å². The van der Waals surface area contributed by atoms with E-state index in [-0.39, 0.29) is 0 Å². The van der Waals surface area contributed by atoms with Crippen molar-refractivity contribution >= 4 is 0 Å². The van der Waals surface area contributed by atoms with Gasteiger partial charge >= 0.3 is 0 Å². The fourth-order valence-corrected chi connectivity index (χ4v) is 4.02. The molecular formula is C18H29N3. The zero-order chi connectivity index (χ0) is 14.7. The molecule has 2 fully saturated rings. The molecule has 0 saturated carbocycles. The van der Waals surface area contributed by atoms with Crippen molar-refractivity contribution in [2.24, 2.45) is 5.41 Å². The molecule has 116 valence electrons. The molecule has 3 heterocycles. The summed E-state index contributed by atoms with van der Waals surface area (Å²) in [4.78, 5) is 9.56. The Morgan fingerprint density at radius 2 is 2.00 bits per heavy atom. The second-order valence-corrected chi connectivity index (χ2v) is 7.12. The lowest BCUT2D eigenvalue weighted by Crippen LogP contribution is -2.45. The smallest absolute Gasteiger partial charge is 0.0312 e. The first-order valence-electron chi connectivity index (χ1n) is 8.56. The third-order valence-corrected chi connectivity index (χ3v) is 5.72. The largest absolute Gasteiger partial charge is 0.301 e. The van der Waals surface area contributed by atoms with Crippen LogP contribution in [0.15, 0.2) is 24.5 Å². The van der Waals surface area contributed by atoms with Crippen LogP contribution in [0.3, 0.4) is 0 Å². The minimum absolute atomic E-state index is 0.603. The van der Waals surface area contributed by atoms with Gasteiger partial charge in [0.25, 0.3) is 0 Å². The molecule has 0 aliphatic carbocycles. The molecule has 0 bridgehead atoms. The third-order valence-electron chi connectivity index (χ3n) is 5.72. The number of likely N-dealkylation sites (tertiary alicyclic amines) is 2. The maximum atomic E-state index is 4.24. The zero-order valence-corrected chi connectivity index (χ0v) is 13.6. The molecule has 21 heavy (non-hydrogen) atoms. The summed E-state index contributed by atoms with van der Waals surface area (Å²) < 4.78 is 0. The minimum atomic E-state index is 0.603. The molecular weight excluding hydrogens is 258 g/mol. The second-order valence-electron chi connectivity index (χ2n) is 7.12. The van der Waals surface area contributed by atoms with Gasteiger partial charge < -0.3 is 4.90 Å². The molecule has 1 atom stereocenters. The Hall–Kier alpha value is -0.930. The Kier molecular flexibility index (Phi) is 4.60. The molecule has 1 aromatic rings. The van der Waals surface area contributed by atoms with Gasteiger partial charge in [0.05, 0.1) is 0 Å². The van der Waals surface area contributed by atoms with Crippen LogP contribution in [0.25, 0.3) is 0 Å². The maximum Gasteiger partial charge on any atom is 0.0312 e. The third kappa shape index (κ3) is 3.46. The first-order valence-corrected chi connectivity index (χ1v) is 8.56. The van der Waals surface area contributed by atoms with Gasteiger partial charge in [-0.2, -0.15) is 0 Å². The molecule has 1 aromatic heterocycles. The van der Waals surface area contributed by atoms with E-state index in [1.54, 1.807) is 0 Å². The highest BCUT2D eigenvalue weighted by Gasteiger charge is 2.40. The molecule has 1 unspecified atom stereocenters. The topological polar surface area (TPSA) is 19.4 Å². The number of aromatic nitrogens is 1. The van der Waals surface area contributed by atoms with Crippen LogP contribution in [0.4, 0.5) is 0 Å². The van der Waals surface area contributed by atoms with Crippen molar-refractivity contribution in [1.82, 2.24) is 14.8 Å². The van der Waals surface area contributed by atoms with Crippen molar-refractivity contribution in [2.45, 2.75) is 52.1 Å². The zero-order valence-electron chi connectivity index (χ0n) is 13.6. The highest BCUT2D eigenvalue weighted by Crippen LogP contribution is 2.41. The normalized spacial score (nSPS) is 24.5. The van der Waals surface area contributed by atoms with E-state index in [4.69, 9.17) is 0 Å². The van der Waals surface area contributed by atoms with E-state index < -0.39 is 0 Å². The highest BCUT2D eigenvalue weighted by molar-refractivity contribution is 5.09. The van der Waals surface area contributed by atoms with Crippen LogP contribution in [0, 0.1) is 5.41 Å². The molecule has 0 amide bonds. The summed E-state index contributed by atoms with van der Waals surface area (Å²) in [5, 5.41) is 0. The first-order chi connectivity index (χ1) is 10.2. The van der Waals surface area contributed by atoms with Crippen molar-refractivity contribution in [3.8, 4) is 0 Å². The summed E-state index contributed by atoms with van der Waals surface area (Å²) in [6.45, 7) is 10.9. The number of piperidine rings is 1. The molecule has 3 heteroatoms. The lowest BCUT2D eigenvalue weighted by Gasteiger charge is -2.41. The molecule has 1 spiro atoms. The Balaban J connectivity index is 1.53. The molecule has 3 rings (SSSR count). The highest BCUT2D eigenvalue weighted by atomic mass is 15.2. The standard InChI is InChI=1S/C18H29N3/c1-3-16(2)21-11-7-18(8-12-21)6-10-20(15-18)14-17-5-4-9-19-13-17/h4-5,9,13,16H,3,6-8,10-12,14-15H2,1-2H3. The van der Waals surface area contributed by atoms with Crippen LogP contribution in [0.2, 0.25) is 0 Å². The van der Waals surface area contributed by atoms with Gasteiger partial charge in [0, 0.05) is 31.5 Å². The minimum Gasteiger partial charge on any atom is -0.301 e. The van der Waals surface area contributed by atoms with Gasteiger partial charge in [-0.25, -0.2) is 0 Å². The van der Waals surface area contributed by atoms with E-state index in [0.29, 0.717) is 5.41 Å². The molecule has 3 nitrogen and oxygen atoms in total. The van der Waals surface area contributed by atoms with E-state index in [1.807, 2.05) is 18.5 Å². The fraction of sp³-hybridized carbons (Fsp3) is 0.722. The average Bonchev–Trinajstić information content (AvgIpc) is 2.91. The Bertz CT molecular complexity index is 437. The van der Waals surface area contributed by atoms with Crippen LogP contribution >= 0.6 is 0 Å². The lowest BCUT2D eigenvalue weighted by molar-refractivity contribution is 0.0797. The van der Waals surface area contributed by atoms with Crippen molar-refractivity contribution in [2.75, 3.05) is 26.2 Å². The van der Waals surface area contributed by atoms with Gasteiger partial charge in [0.1, 0.15) is 0 Å². The van der Waals surface area contributed by atoms with Crippen molar-refractivity contribution < 1.29 is 0 Å². The number of hydrogen-bond acceptors (Lipinski definition) is 3. The Labute approximate surface area is 129 Å². The van der Waals surface area contributed by atoms with Gasteiger partial charge in [0.15, 0.2) is 0 Å². The number of rotatable bonds is 4. The predicted molar refractivity (Wildman–Crippen MR) is 87.1 cm³/mol. The maximum absolute atomic E-state index is 4.24. The molecule has 0 N–H and O–H groups in total. The van der Waals surface area contributed by atoms with Gasteiger partial charge in [-0.3, -0.25) is 9.88 Å². The van der Waals surface area contributed by atoms with Gasteiger partial charge in [-0.05, 0) is 69.3 Å². The molecule has 2 saturated heterocycles. The Morgan fingerprint density at radius 1 is 1.24 bits per heavy atom.